The second-order valence-corrected chi connectivity index (χ2v) is 7.68. The van der Waals surface area contributed by atoms with Gasteiger partial charge in [-0.25, -0.2) is 9.48 Å². The fourth-order valence-corrected chi connectivity index (χ4v) is 3.43. The summed E-state index contributed by atoms with van der Waals surface area (Å²) in [7, 11) is 0. The Hall–Kier alpha value is -5.25. The van der Waals surface area contributed by atoms with Crippen LogP contribution in [0.15, 0.2) is 84.9 Å². The number of rotatable bonds is 8. The zero-order valence-corrected chi connectivity index (χ0v) is 18.9. The molecular formula is C26H21N5O5. The summed E-state index contributed by atoms with van der Waals surface area (Å²) in [6.07, 6.45) is 0. The number of nitrogens with zero attached hydrogens (tertiary/aromatic N) is 2. The van der Waals surface area contributed by atoms with Crippen LogP contribution in [0.3, 0.4) is 0 Å². The molecule has 3 aromatic carbocycles. The summed E-state index contributed by atoms with van der Waals surface area (Å²) in [4.78, 5) is 48.4. The normalized spacial score (nSPS) is 10.4. The molecule has 10 heteroatoms. The van der Waals surface area contributed by atoms with E-state index < -0.39 is 30.3 Å². The van der Waals surface area contributed by atoms with Gasteiger partial charge < -0.3 is 21.5 Å². The summed E-state index contributed by atoms with van der Waals surface area (Å²) < 4.78 is 6.68. The molecule has 4 aromatic rings. The highest BCUT2D eigenvalue weighted by Crippen LogP contribution is 2.22. The lowest BCUT2D eigenvalue weighted by molar-refractivity contribution is -0.119. The first kappa shape index (κ1) is 23.9. The van der Waals surface area contributed by atoms with Crippen molar-refractivity contribution in [3.8, 4) is 16.9 Å². The van der Waals surface area contributed by atoms with E-state index in [1.807, 2.05) is 48.5 Å². The van der Waals surface area contributed by atoms with E-state index in [0.29, 0.717) is 11.4 Å². The summed E-state index contributed by atoms with van der Waals surface area (Å²) in [5.41, 5.74) is 12.7. The molecule has 1 heterocycles. The van der Waals surface area contributed by atoms with Gasteiger partial charge in [0.1, 0.15) is 0 Å². The number of carbonyl (C=O) groups excluding carboxylic acids is 4. The first-order valence-corrected chi connectivity index (χ1v) is 10.7. The minimum Gasteiger partial charge on any atom is -0.451 e. The lowest BCUT2D eigenvalue weighted by Gasteiger charge is -2.10. The molecular weight excluding hydrogens is 462 g/mol. The van der Waals surface area contributed by atoms with Gasteiger partial charge in [-0.3, -0.25) is 14.4 Å². The molecule has 0 bridgehead atoms. The van der Waals surface area contributed by atoms with Gasteiger partial charge in [0.05, 0.1) is 11.4 Å². The number of hydrogen-bond acceptors (Lipinski definition) is 6. The van der Waals surface area contributed by atoms with Crippen LogP contribution < -0.4 is 16.8 Å². The van der Waals surface area contributed by atoms with E-state index in [4.69, 9.17) is 16.2 Å². The number of nitrogens with one attached hydrogen (secondary N) is 1. The lowest BCUT2D eigenvalue weighted by Crippen LogP contribution is -2.23. The van der Waals surface area contributed by atoms with Gasteiger partial charge in [0, 0.05) is 22.4 Å². The quantitative estimate of drug-likeness (QED) is 0.327. The monoisotopic (exact) mass is 483 g/mol. The fourth-order valence-electron chi connectivity index (χ4n) is 3.43. The van der Waals surface area contributed by atoms with Crippen molar-refractivity contribution < 1.29 is 23.9 Å². The van der Waals surface area contributed by atoms with Crippen molar-refractivity contribution in [2.75, 3.05) is 11.9 Å². The molecule has 0 unspecified atom stereocenters. The summed E-state index contributed by atoms with van der Waals surface area (Å²) in [5, 5.41) is 7.01. The molecule has 0 aliphatic carbocycles. The molecule has 0 radical (unpaired) electrons. The number of ether oxygens (including phenoxy) is 1. The number of para-hydroxylation sites is 1. The van der Waals surface area contributed by atoms with Crippen molar-refractivity contribution >= 4 is 29.4 Å². The first-order chi connectivity index (χ1) is 17.3. The number of amides is 3. The van der Waals surface area contributed by atoms with Crippen LogP contribution in [0.5, 0.6) is 0 Å². The Balaban J connectivity index is 1.53. The Bertz CT molecular complexity index is 1420. The molecule has 0 saturated heterocycles. The van der Waals surface area contributed by atoms with E-state index in [-0.39, 0.29) is 22.5 Å². The topological polar surface area (TPSA) is 159 Å². The van der Waals surface area contributed by atoms with E-state index in [1.54, 1.807) is 18.2 Å². The third kappa shape index (κ3) is 5.45. The third-order valence-electron chi connectivity index (χ3n) is 5.11. The largest absolute Gasteiger partial charge is 0.451 e. The van der Waals surface area contributed by atoms with Gasteiger partial charge in [0.15, 0.2) is 12.3 Å². The van der Waals surface area contributed by atoms with E-state index >= 15 is 0 Å². The summed E-state index contributed by atoms with van der Waals surface area (Å²) in [6, 6.07) is 23.7. The molecule has 180 valence electrons. The van der Waals surface area contributed by atoms with Crippen LogP contribution in [0.1, 0.15) is 31.2 Å². The van der Waals surface area contributed by atoms with Crippen LogP contribution in [0.25, 0.3) is 16.9 Å². The van der Waals surface area contributed by atoms with Gasteiger partial charge in [-0.1, -0.05) is 48.5 Å². The Kier molecular flexibility index (Phi) is 6.87. The molecule has 10 nitrogen and oxygen atoms in total. The molecule has 0 spiro atoms. The van der Waals surface area contributed by atoms with Gasteiger partial charge >= 0.3 is 5.97 Å². The fraction of sp³-hybridized carbons (Fsp3) is 0.0385. The molecule has 36 heavy (non-hydrogen) atoms. The van der Waals surface area contributed by atoms with Crippen molar-refractivity contribution in [2.24, 2.45) is 11.5 Å². The second kappa shape index (κ2) is 10.3. The van der Waals surface area contributed by atoms with Crippen molar-refractivity contribution in [2.45, 2.75) is 0 Å². The molecule has 3 amide bonds. The maximum atomic E-state index is 12.9. The Morgan fingerprint density at radius 2 is 1.39 bits per heavy atom. The average Bonchev–Trinajstić information content (AvgIpc) is 3.34. The minimum absolute atomic E-state index is 0.0150. The number of primary amides is 2. The number of esters is 1. The predicted octanol–water partition coefficient (Wildman–Crippen LogP) is 2.53. The summed E-state index contributed by atoms with van der Waals surface area (Å²) in [6.45, 7) is -0.633. The summed E-state index contributed by atoms with van der Waals surface area (Å²) >= 11 is 0. The van der Waals surface area contributed by atoms with Crippen molar-refractivity contribution in [1.29, 1.82) is 0 Å². The highest BCUT2D eigenvalue weighted by Gasteiger charge is 2.20. The number of aromatic nitrogens is 2. The van der Waals surface area contributed by atoms with Crippen molar-refractivity contribution in [1.82, 2.24) is 9.78 Å². The van der Waals surface area contributed by atoms with E-state index in [2.05, 4.69) is 10.4 Å². The second-order valence-electron chi connectivity index (χ2n) is 7.68. The smallest absolute Gasteiger partial charge is 0.357 e. The molecule has 0 fully saturated rings. The Labute approximate surface area is 205 Å². The standard InChI is InChI=1S/C26H21N5O5/c27-24(33)17-11-18(25(28)34)13-19(12-17)29-23(32)15-36-26(35)22-14-21(16-7-3-1-4-8-16)30-31(22)20-9-5-2-6-10-20/h1-14H,15H2,(H2,27,33)(H2,28,34)(H,29,32). The van der Waals surface area contributed by atoms with Gasteiger partial charge in [-0.2, -0.15) is 5.10 Å². The molecule has 1 aromatic heterocycles. The molecule has 5 N–H and O–H groups in total. The van der Waals surface area contributed by atoms with Crippen LogP contribution >= 0.6 is 0 Å². The van der Waals surface area contributed by atoms with Gasteiger partial charge in [-0.15, -0.1) is 0 Å². The molecule has 0 aliphatic rings. The maximum absolute atomic E-state index is 12.9. The molecule has 4 rings (SSSR count). The highest BCUT2D eigenvalue weighted by molar-refractivity contribution is 6.02. The Morgan fingerprint density at radius 3 is 1.97 bits per heavy atom. The maximum Gasteiger partial charge on any atom is 0.357 e. The van der Waals surface area contributed by atoms with Crippen LogP contribution in [0, 0.1) is 0 Å². The highest BCUT2D eigenvalue weighted by atomic mass is 16.5. The van der Waals surface area contributed by atoms with Crippen LogP contribution in [-0.2, 0) is 9.53 Å². The van der Waals surface area contributed by atoms with Crippen LogP contribution in [0.4, 0.5) is 5.69 Å². The van der Waals surface area contributed by atoms with Crippen molar-refractivity contribution in [3.05, 3.63) is 102 Å². The number of benzene rings is 3. The van der Waals surface area contributed by atoms with Gasteiger partial charge in [0.2, 0.25) is 11.8 Å². The molecule has 0 saturated carbocycles. The number of hydrogen-bond donors (Lipinski definition) is 3. The van der Waals surface area contributed by atoms with Gasteiger partial charge in [-0.05, 0) is 36.4 Å². The van der Waals surface area contributed by atoms with Crippen LogP contribution in [0.2, 0.25) is 0 Å². The molecule has 0 atom stereocenters. The number of carbonyl (C=O) groups is 4. The SMILES string of the molecule is NC(=O)c1cc(NC(=O)COC(=O)c2cc(-c3ccccc3)nn2-c2ccccc2)cc(C(N)=O)c1. The predicted molar refractivity (Wildman–Crippen MR) is 131 cm³/mol. The average molecular weight is 483 g/mol. The van der Waals surface area contributed by atoms with E-state index in [0.717, 1.165) is 5.56 Å². The van der Waals surface area contributed by atoms with Crippen LogP contribution in [-0.4, -0.2) is 40.1 Å². The zero-order chi connectivity index (χ0) is 25.7. The van der Waals surface area contributed by atoms with E-state index in [9.17, 15) is 19.2 Å². The number of nitrogens with two attached hydrogens (primary N) is 2. The Morgan fingerprint density at radius 1 is 0.806 bits per heavy atom. The molecule has 0 aliphatic heterocycles. The lowest BCUT2D eigenvalue weighted by atomic mass is 10.1. The van der Waals surface area contributed by atoms with Crippen molar-refractivity contribution in [3.63, 3.8) is 0 Å². The first-order valence-electron chi connectivity index (χ1n) is 10.7. The van der Waals surface area contributed by atoms with Gasteiger partial charge in [0.25, 0.3) is 5.91 Å². The third-order valence-corrected chi connectivity index (χ3v) is 5.11. The minimum atomic E-state index is -0.802. The van der Waals surface area contributed by atoms with E-state index in [1.165, 1.54) is 22.9 Å². The zero-order valence-electron chi connectivity index (χ0n) is 18.9. The summed E-state index contributed by atoms with van der Waals surface area (Å²) in [5.74, 6) is -3.08. The number of anilines is 1.